The van der Waals surface area contributed by atoms with Gasteiger partial charge in [0.25, 0.3) is 0 Å². The van der Waals surface area contributed by atoms with Crippen molar-refractivity contribution in [2.45, 2.75) is 32.2 Å². The molecule has 2 nitrogen and oxygen atoms in total. The fraction of sp³-hybridized carbons (Fsp3) is 0.600. The molecule has 0 aromatic heterocycles. The van der Waals surface area contributed by atoms with Crippen molar-refractivity contribution >= 4 is 0 Å². The zero-order chi connectivity index (χ0) is 12.8. The Kier molecular flexibility index (Phi) is 5.14. The minimum Gasteiger partial charge on any atom is -0.313 e. The molecule has 0 bridgehead atoms. The average molecular weight is 250 g/mol. The summed E-state index contributed by atoms with van der Waals surface area (Å²) in [5.74, 6) is -0.0912. The molecule has 0 aliphatic carbocycles. The molecule has 0 radical (unpaired) electrons. The van der Waals surface area contributed by atoms with Crippen molar-refractivity contribution in [1.29, 1.82) is 0 Å². The van der Waals surface area contributed by atoms with Crippen LogP contribution >= 0.6 is 0 Å². The van der Waals surface area contributed by atoms with Crippen molar-refractivity contribution in [2.75, 3.05) is 26.2 Å². The summed E-state index contributed by atoms with van der Waals surface area (Å²) in [5.41, 5.74) is 0.804. The van der Waals surface area contributed by atoms with Crippen LogP contribution < -0.4 is 5.32 Å². The maximum absolute atomic E-state index is 13.4. The van der Waals surface area contributed by atoms with Crippen molar-refractivity contribution in [3.05, 3.63) is 35.6 Å². The molecule has 100 valence electrons. The van der Waals surface area contributed by atoms with Crippen LogP contribution in [0.5, 0.6) is 0 Å². The van der Waals surface area contributed by atoms with Crippen LogP contribution in [0.15, 0.2) is 24.3 Å². The van der Waals surface area contributed by atoms with Gasteiger partial charge in [-0.15, -0.1) is 0 Å². The molecule has 3 heteroatoms. The molecular weight excluding hydrogens is 227 g/mol. The lowest BCUT2D eigenvalue weighted by Gasteiger charge is -2.21. The Hall–Kier alpha value is -0.930. The van der Waals surface area contributed by atoms with E-state index < -0.39 is 0 Å². The van der Waals surface area contributed by atoms with Gasteiger partial charge in [-0.25, -0.2) is 4.39 Å². The van der Waals surface area contributed by atoms with Gasteiger partial charge < -0.3 is 10.2 Å². The topological polar surface area (TPSA) is 15.3 Å². The molecule has 2 rings (SSSR count). The quantitative estimate of drug-likeness (QED) is 0.834. The number of likely N-dealkylation sites (tertiary alicyclic amines) is 1. The standard InChI is InChI=1S/C15H23FN2/c1-13(12-18-10-4-5-11-18)17-9-8-14-6-2-3-7-15(14)16/h2-3,6-7,13,17H,4-5,8-12H2,1H3. The van der Waals surface area contributed by atoms with E-state index in [1.54, 1.807) is 6.07 Å². The highest BCUT2D eigenvalue weighted by atomic mass is 19.1. The Bertz CT molecular complexity index is 361. The van der Waals surface area contributed by atoms with Gasteiger partial charge in [-0.1, -0.05) is 18.2 Å². The van der Waals surface area contributed by atoms with E-state index in [-0.39, 0.29) is 5.82 Å². The van der Waals surface area contributed by atoms with Gasteiger partial charge in [-0.05, 0) is 57.5 Å². The van der Waals surface area contributed by atoms with Gasteiger partial charge >= 0.3 is 0 Å². The first-order valence-corrected chi connectivity index (χ1v) is 6.95. The second kappa shape index (κ2) is 6.86. The summed E-state index contributed by atoms with van der Waals surface area (Å²) in [6, 6.07) is 7.51. The summed E-state index contributed by atoms with van der Waals surface area (Å²) in [7, 11) is 0. The van der Waals surface area contributed by atoms with E-state index in [0.29, 0.717) is 6.04 Å². The molecule has 1 heterocycles. The van der Waals surface area contributed by atoms with E-state index in [4.69, 9.17) is 0 Å². The number of nitrogens with zero attached hydrogens (tertiary/aromatic N) is 1. The molecule has 1 aromatic rings. The first-order valence-electron chi connectivity index (χ1n) is 6.95. The van der Waals surface area contributed by atoms with Gasteiger partial charge in [0.2, 0.25) is 0 Å². The van der Waals surface area contributed by atoms with Crippen LogP contribution in [0.25, 0.3) is 0 Å². The van der Waals surface area contributed by atoms with Crippen molar-refractivity contribution in [2.24, 2.45) is 0 Å². The van der Waals surface area contributed by atoms with Crippen LogP contribution in [0.1, 0.15) is 25.3 Å². The van der Waals surface area contributed by atoms with E-state index >= 15 is 0 Å². The molecule has 1 unspecified atom stereocenters. The lowest BCUT2D eigenvalue weighted by Crippen LogP contribution is -2.38. The Morgan fingerprint density at radius 2 is 2.00 bits per heavy atom. The van der Waals surface area contributed by atoms with E-state index in [1.807, 2.05) is 12.1 Å². The van der Waals surface area contributed by atoms with Crippen LogP contribution in [0.2, 0.25) is 0 Å². The fourth-order valence-electron chi connectivity index (χ4n) is 2.57. The van der Waals surface area contributed by atoms with E-state index in [2.05, 4.69) is 17.1 Å². The van der Waals surface area contributed by atoms with Crippen LogP contribution in [0.3, 0.4) is 0 Å². The lowest BCUT2D eigenvalue weighted by molar-refractivity contribution is 0.299. The average Bonchev–Trinajstić information content (AvgIpc) is 2.84. The number of nitrogens with one attached hydrogen (secondary N) is 1. The Balaban J connectivity index is 1.67. The van der Waals surface area contributed by atoms with Crippen LogP contribution in [0.4, 0.5) is 4.39 Å². The van der Waals surface area contributed by atoms with Crippen molar-refractivity contribution in [1.82, 2.24) is 10.2 Å². The Morgan fingerprint density at radius 3 is 2.72 bits per heavy atom. The third-order valence-corrected chi connectivity index (χ3v) is 3.58. The summed E-state index contributed by atoms with van der Waals surface area (Å²) in [5, 5.41) is 3.48. The number of hydrogen-bond donors (Lipinski definition) is 1. The number of halogens is 1. The molecule has 1 fully saturated rings. The van der Waals surface area contributed by atoms with E-state index in [0.717, 1.165) is 25.1 Å². The van der Waals surface area contributed by atoms with E-state index in [9.17, 15) is 4.39 Å². The van der Waals surface area contributed by atoms with Gasteiger partial charge in [-0.2, -0.15) is 0 Å². The maximum Gasteiger partial charge on any atom is 0.126 e. The molecule has 1 aromatic carbocycles. The summed E-state index contributed by atoms with van der Waals surface area (Å²) in [6.07, 6.45) is 3.43. The molecule has 1 saturated heterocycles. The Morgan fingerprint density at radius 1 is 1.28 bits per heavy atom. The van der Waals surface area contributed by atoms with Crippen molar-refractivity contribution in [3.63, 3.8) is 0 Å². The van der Waals surface area contributed by atoms with Gasteiger partial charge in [0, 0.05) is 12.6 Å². The second-order valence-electron chi connectivity index (χ2n) is 5.20. The largest absolute Gasteiger partial charge is 0.313 e. The van der Waals surface area contributed by atoms with Crippen molar-refractivity contribution in [3.8, 4) is 0 Å². The highest BCUT2D eigenvalue weighted by molar-refractivity contribution is 5.17. The van der Waals surface area contributed by atoms with E-state index in [1.165, 1.54) is 32.0 Å². The number of hydrogen-bond acceptors (Lipinski definition) is 2. The van der Waals surface area contributed by atoms with Gasteiger partial charge in [0.15, 0.2) is 0 Å². The third kappa shape index (κ3) is 4.07. The summed E-state index contributed by atoms with van der Waals surface area (Å²) in [6.45, 7) is 6.63. The Labute approximate surface area is 109 Å². The molecule has 1 N–H and O–H groups in total. The zero-order valence-corrected chi connectivity index (χ0v) is 11.2. The second-order valence-corrected chi connectivity index (χ2v) is 5.20. The minimum absolute atomic E-state index is 0.0912. The number of rotatable bonds is 6. The normalized spacial score (nSPS) is 18.1. The molecule has 0 saturated carbocycles. The monoisotopic (exact) mass is 250 g/mol. The SMILES string of the molecule is CC(CN1CCCC1)NCCc1ccccc1F. The van der Waals surface area contributed by atoms with Gasteiger partial charge in [-0.3, -0.25) is 0 Å². The summed E-state index contributed by atoms with van der Waals surface area (Å²) >= 11 is 0. The minimum atomic E-state index is -0.0912. The molecule has 1 aliphatic heterocycles. The van der Waals surface area contributed by atoms with Crippen molar-refractivity contribution < 1.29 is 4.39 Å². The van der Waals surface area contributed by atoms with Crippen LogP contribution in [0, 0.1) is 5.82 Å². The first-order chi connectivity index (χ1) is 8.75. The fourth-order valence-corrected chi connectivity index (χ4v) is 2.57. The summed E-state index contributed by atoms with van der Waals surface area (Å²) in [4.78, 5) is 2.50. The maximum atomic E-state index is 13.4. The highest BCUT2D eigenvalue weighted by Gasteiger charge is 2.14. The van der Waals surface area contributed by atoms with Crippen LogP contribution in [-0.4, -0.2) is 37.1 Å². The van der Waals surface area contributed by atoms with Gasteiger partial charge in [0.1, 0.15) is 5.82 Å². The molecule has 0 amide bonds. The molecule has 1 atom stereocenters. The molecule has 18 heavy (non-hydrogen) atoms. The predicted molar refractivity (Wildman–Crippen MR) is 73.2 cm³/mol. The van der Waals surface area contributed by atoms with Gasteiger partial charge in [0.05, 0.1) is 0 Å². The zero-order valence-electron chi connectivity index (χ0n) is 11.2. The number of benzene rings is 1. The predicted octanol–water partition coefficient (Wildman–Crippen LogP) is 2.44. The third-order valence-electron chi connectivity index (χ3n) is 3.58. The molecule has 0 spiro atoms. The highest BCUT2D eigenvalue weighted by Crippen LogP contribution is 2.08. The molecule has 1 aliphatic rings. The van der Waals surface area contributed by atoms with Crippen LogP contribution in [-0.2, 0) is 6.42 Å². The smallest absolute Gasteiger partial charge is 0.126 e. The lowest BCUT2D eigenvalue weighted by atomic mass is 10.1. The summed E-state index contributed by atoms with van der Waals surface area (Å²) < 4.78 is 13.4. The first kappa shape index (κ1) is 13.5. The molecular formula is C15H23FN2.